The first kappa shape index (κ1) is 24.8. The van der Waals surface area contributed by atoms with Gasteiger partial charge in [-0.25, -0.2) is 17.2 Å². The molecule has 0 spiro atoms. The zero-order valence-corrected chi connectivity index (χ0v) is 19.1. The number of nitrogens with one attached hydrogen (secondary N) is 3. The second-order valence-electron chi connectivity index (χ2n) is 7.50. The first-order valence-electron chi connectivity index (χ1n) is 10.3. The van der Waals surface area contributed by atoms with Gasteiger partial charge in [0.2, 0.25) is 5.91 Å². The third-order valence-electron chi connectivity index (χ3n) is 4.85. The molecular formula is C24H23F2N3O4S. The van der Waals surface area contributed by atoms with E-state index in [2.05, 4.69) is 15.4 Å². The SMILES string of the molecule is Cc1cc(S(=O)(=O)Nc2ccc(C(=O)NCCNC(=O)Cc3ccc(F)cc3)cc2)ccc1F. The summed E-state index contributed by atoms with van der Waals surface area (Å²) in [5.74, 6) is -1.52. The zero-order valence-electron chi connectivity index (χ0n) is 18.3. The molecule has 0 heterocycles. The summed E-state index contributed by atoms with van der Waals surface area (Å²) in [5.41, 5.74) is 1.43. The molecule has 0 atom stereocenters. The van der Waals surface area contributed by atoms with Crippen molar-refractivity contribution in [1.29, 1.82) is 0 Å². The summed E-state index contributed by atoms with van der Waals surface area (Å²) in [7, 11) is -3.91. The highest BCUT2D eigenvalue weighted by molar-refractivity contribution is 7.92. The molecule has 2 amide bonds. The van der Waals surface area contributed by atoms with E-state index in [1.54, 1.807) is 0 Å². The molecule has 0 fully saturated rings. The van der Waals surface area contributed by atoms with E-state index in [1.807, 2.05) is 0 Å². The molecule has 7 nitrogen and oxygen atoms in total. The Kier molecular flexibility index (Phi) is 7.95. The summed E-state index contributed by atoms with van der Waals surface area (Å²) >= 11 is 0. The molecular weight excluding hydrogens is 464 g/mol. The second-order valence-corrected chi connectivity index (χ2v) is 9.19. The third kappa shape index (κ3) is 6.85. The van der Waals surface area contributed by atoms with E-state index in [0.29, 0.717) is 11.1 Å². The van der Waals surface area contributed by atoms with Gasteiger partial charge < -0.3 is 10.6 Å². The van der Waals surface area contributed by atoms with Crippen LogP contribution in [0.4, 0.5) is 14.5 Å². The minimum atomic E-state index is -3.91. The molecule has 3 aromatic rings. The number of sulfonamides is 1. The predicted octanol–water partition coefficient (Wildman–Crippen LogP) is 3.16. The summed E-state index contributed by atoms with van der Waals surface area (Å²) in [5, 5.41) is 5.32. The van der Waals surface area contributed by atoms with Gasteiger partial charge >= 0.3 is 0 Å². The topological polar surface area (TPSA) is 104 Å². The third-order valence-corrected chi connectivity index (χ3v) is 6.23. The molecule has 0 saturated carbocycles. The molecule has 178 valence electrons. The Labute approximate surface area is 196 Å². The molecule has 3 rings (SSSR count). The van der Waals surface area contributed by atoms with Crippen LogP contribution in [0, 0.1) is 18.6 Å². The minimum Gasteiger partial charge on any atom is -0.354 e. The predicted molar refractivity (Wildman–Crippen MR) is 124 cm³/mol. The highest BCUT2D eigenvalue weighted by Gasteiger charge is 2.16. The van der Waals surface area contributed by atoms with E-state index in [-0.39, 0.29) is 47.4 Å². The molecule has 0 unspecified atom stereocenters. The Hall–Kier alpha value is -3.79. The number of hydrogen-bond acceptors (Lipinski definition) is 4. The molecule has 34 heavy (non-hydrogen) atoms. The standard InChI is InChI=1S/C24H23F2N3O4S/c1-16-14-21(10-11-22(16)26)34(32,33)29-20-8-4-18(5-9-20)24(31)28-13-12-27-23(30)15-17-2-6-19(25)7-3-17/h2-11,14,29H,12-13,15H2,1H3,(H,27,30)(H,28,31). The molecule has 0 aliphatic heterocycles. The largest absolute Gasteiger partial charge is 0.354 e. The van der Waals surface area contributed by atoms with Gasteiger partial charge in [-0.05, 0) is 72.6 Å². The molecule has 0 bridgehead atoms. The van der Waals surface area contributed by atoms with Gasteiger partial charge in [-0.15, -0.1) is 0 Å². The first-order chi connectivity index (χ1) is 16.1. The van der Waals surface area contributed by atoms with Crippen molar-refractivity contribution in [3.05, 3.63) is 95.1 Å². The van der Waals surface area contributed by atoms with Crippen LogP contribution in [0.15, 0.2) is 71.6 Å². The van der Waals surface area contributed by atoms with Gasteiger partial charge in [0.25, 0.3) is 15.9 Å². The Bertz CT molecular complexity index is 1280. The van der Waals surface area contributed by atoms with Crippen molar-refractivity contribution in [2.45, 2.75) is 18.2 Å². The van der Waals surface area contributed by atoms with Crippen molar-refractivity contribution in [3.8, 4) is 0 Å². The Morgan fingerprint density at radius 2 is 1.50 bits per heavy atom. The van der Waals surface area contributed by atoms with Gasteiger partial charge in [-0.3, -0.25) is 14.3 Å². The molecule has 3 aromatic carbocycles. The Morgan fingerprint density at radius 1 is 0.853 bits per heavy atom. The van der Waals surface area contributed by atoms with E-state index in [0.717, 1.165) is 6.07 Å². The van der Waals surface area contributed by atoms with E-state index < -0.39 is 21.7 Å². The fourth-order valence-electron chi connectivity index (χ4n) is 3.02. The number of hydrogen-bond donors (Lipinski definition) is 3. The van der Waals surface area contributed by atoms with Crippen molar-refractivity contribution in [2.75, 3.05) is 17.8 Å². The summed E-state index contributed by atoms with van der Waals surface area (Å²) in [4.78, 5) is 24.1. The lowest BCUT2D eigenvalue weighted by atomic mass is 10.1. The molecule has 0 saturated heterocycles. The quantitative estimate of drug-likeness (QED) is 0.403. The van der Waals surface area contributed by atoms with Gasteiger partial charge in [0.15, 0.2) is 0 Å². The summed E-state index contributed by atoms with van der Waals surface area (Å²) in [6.07, 6.45) is 0.100. The van der Waals surface area contributed by atoms with Crippen LogP contribution in [0.1, 0.15) is 21.5 Å². The van der Waals surface area contributed by atoms with Crippen LogP contribution in [0.3, 0.4) is 0 Å². The maximum atomic E-state index is 13.4. The number of aryl methyl sites for hydroxylation is 1. The van der Waals surface area contributed by atoms with Crippen molar-refractivity contribution < 1.29 is 26.8 Å². The molecule has 10 heteroatoms. The number of carbonyl (C=O) groups is 2. The Morgan fingerprint density at radius 3 is 2.15 bits per heavy atom. The zero-order chi connectivity index (χ0) is 24.7. The van der Waals surface area contributed by atoms with Crippen LogP contribution in [-0.4, -0.2) is 33.3 Å². The number of carbonyl (C=O) groups excluding carboxylic acids is 2. The van der Waals surface area contributed by atoms with Crippen LogP contribution in [0.5, 0.6) is 0 Å². The number of halogens is 2. The van der Waals surface area contributed by atoms with Crippen molar-refractivity contribution >= 4 is 27.5 Å². The minimum absolute atomic E-state index is 0.0744. The Balaban J connectivity index is 1.46. The normalized spacial score (nSPS) is 11.0. The van der Waals surface area contributed by atoms with E-state index in [9.17, 15) is 26.8 Å². The summed E-state index contributed by atoms with van der Waals surface area (Å²) < 4.78 is 53.6. The maximum Gasteiger partial charge on any atom is 0.261 e. The number of anilines is 1. The van der Waals surface area contributed by atoms with Crippen LogP contribution < -0.4 is 15.4 Å². The highest BCUT2D eigenvalue weighted by Crippen LogP contribution is 2.19. The molecule has 3 N–H and O–H groups in total. The van der Waals surface area contributed by atoms with Gasteiger partial charge in [-0.2, -0.15) is 0 Å². The molecule has 0 aliphatic carbocycles. The monoisotopic (exact) mass is 487 g/mol. The average molecular weight is 488 g/mol. The molecule has 0 aliphatic rings. The fraction of sp³-hybridized carbons (Fsp3) is 0.167. The molecule has 0 aromatic heterocycles. The van der Waals surface area contributed by atoms with Gasteiger partial charge in [0.05, 0.1) is 11.3 Å². The van der Waals surface area contributed by atoms with Crippen molar-refractivity contribution in [1.82, 2.24) is 10.6 Å². The first-order valence-corrected chi connectivity index (χ1v) is 11.8. The maximum absolute atomic E-state index is 13.4. The lowest BCUT2D eigenvalue weighted by molar-refractivity contribution is -0.120. The number of amides is 2. The van der Waals surface area contributed by atoms with Crippen LogP contribution >= 0.6 is 0 Å². The summed E-state index contributed by atoms with van der Waals surface area (Å²) in [6, 6.07) is 14.9. The lowest BCUT2D eigenvalue weighted by Crippen LogP contribution is -2.35. The average Bonchev–Trinajstić information content (AvgIpc) is 2.80. The molecule has 0 radical (unpaired) electrons. The van der Waals surface area contributed by atoms with E-state index in [1.165, 1.54) is 67.6 Å². The number of rotatable bonds is 9. The highest BCUT2D eigenvalue weighted by atomic mass is 32.2. The van der Waals surface area contributed by atoms with Gasteiger partial charge in [0.1, 0.15) is 11.6 Å². The fourth-order valence-corrected chi connectivity index (χ4v) is 4.16. The van der Waals surface area contributed by atoms with Crippen molar-refractivity contribution in [3.63, 3.8) is 0 Å². The summed E-state index contributed by atoms with van der Waals surface area (Å²) in [6.45, 7) is 1.87. The van der Waals surface area contributed by atoms with Crippen molar-refractivity contribution in [2.24, 2.45) is 0 Å². The van der Waals surface area contributed by atoms with E-state index >= 15 is 0 Å². The number of benzene rings is 3. The second kappa shape index (κ2) is 10.9. The smallest absolute Gasteiger partial charge is 0.261 e. The van der Waals surface area contributed by atoms with Crippen LogP contribution in [0.25, 0.3) is 0 Å². The van der Waals surface area contributed by atoms with Crippen LogP contribution in [-0.2, 0) is 21.2 Å². The van der Waals surface area contributed by atoms with E-state index in [4.69, 9.17) is 0 Å². The van der Waals surface area contributed by atoms with Gasteiger partial charge in [0, 0.05) is 24.3 Å². The lowest BCUT2D eigenvalue weighted by Gasteiger charge is -2.10. The van der Waals surface area contributed by atoms with Crippen LogP contribution in [0.2, 0.25) is 0 Å². The van der Waals surface area contributed by atoms with Gasteiger partial charge in [-0.1, -0.05) is 12.1 Å².